The molecular formula is C28H32N4O5S. The highest BCUT2D eigenvalue weighted by molar-refractivity contribution is 7.89. The van der Waals surface area contributed by atoms with Crippen molar-refractivity contribution in [3.63, 3.8) is 0 Å². The summed E-state index contributed by atoms with van der Waals surface area (Å²) in [5.74, 6) is -0.835. The fourth-order valence-electron chi connectivity index (χ4n) is 4.08. The van der Waals surface area contributed by atoms with Crippen LogP contribution in [-0.2, 0) is 26.0 Å². The van der Waals surface area contributed by atoms with Crippen LogP contribution < -0.4 is 5.73 Å². The highest BCUT2D eigenvalue weighted by Gasteiger charge is 2.30. The zero-order valence-corrected chi connectivity index (χ0v) is 22.0. The first kappa shape index (κ1) is 28.5. The number of amides is 1. The van der Waals surface area contributed by atoms with Crippen LogP contribution in [-0.4, -0.2) is 66.6 Å². The van der Waals surface area contributed by atoms with Gasteiger partial charge in [0.1, 0.15) is 5.84 Å². The van der Waals surface area contributed by atoms with E-state index < -0.39 is 16.0 Å². The number of hydrogen-bond acceptors (Lipinski definition) is 5. The van der Waals surface area contributed by atoms with E-state index in [0.717, 1.165) is 23.6 Å². The average Bonchev–Trinajstić information content (AvgIpc) is 2.92. The van der Waals surface area contributed by atoms with Crippen LogP contribution in [0, 0.1) is 5.41 Å². The second-order valence-electron chi connectivity index (χ2n) is 8.81. The summed E-state index contributed by atoms with van der Waals surface area (Å²) in [6.45, 7) is 2.37. The van der Waals surface area contributed by atoms with Gasteiger partial charge in [0, 0.05) is 45.1 Å². The highest BCUT2D eigenvalue weighted by Crippen LogP contribution is 2.23. The number of nitrogens with zero attached hydrogens (tertiary/aromatic N) is 2. The summed E-state index contributed by atoms with van der Waals surface area (Å²) in [7, 11) is -3.61. The van der Waals surface area contributed by atoms with Gasteiger partial charge < -0.3 is 15.7 Å². The number of sulfonamides is 1. The molecule has 0 aliphatic carbocycles. The van der Waals surface area contributed by atoms with Gasteiger partial charge in [-0.05, 0) is 41.3 Å². The smallest absolute Gasteiger partial charge is 0.300 e. The number of carboxylic acid groups (broad SMARTS) is 1. The Kier molecular flexibility index (Phi) is 9.75. The Labute approximate surface area is 223 Å². The molecule has 1 aliphatic rings. The van der Waals surface area contributed by atoms with Gasteiger partial charge in [-0.25, -0.2) is 8.42 Å². The third kappa shape index (κ3) is 7.74. The third-order valence-electron chi connectivity index (χ3n) is 6.06. The molecule has 0 bridgehead atoms. The van der Waals surface area contributed by atoms with Crippen molar-refractivity contribution in [2.24, 2.45) is 5.73 Å². The molecule has 1 fully saturated rings. The Balaban J connectivity index is 0.000000934. The molecule has 4 N–H and O–H groups in total. The summed E-state index contributed by atoms with van der Waals surface area (Å²) in [4.78, 5) is 23.7. The van der Waals surface area contributed by atoms with Gasteiger partial charge in [0.25, 0.3) is 5.97 Å². The van der Waals surface area contributed by atoms with Gasteiger partial charge >= 0.3 is 0 Å². The molecule has 10 heteroatoms. The van der Waals surface area contributed by atoms with E-state index in [1.807, 2.05) is 60.7 Å². The van der Waals surface area contributed by atoms with Gasteiger partial charge in [0.05, 0.1) is 4.90 Å². The summed E-state index contributed by atoms with van der Waals surface area (Å²) in [5.41, 5.74) is 9.11. The van der Waals surface area contributed by atoms with E-state index in [1.165, 1.54) is 4.31 Å². The molecule has 0 unspecified atom stereocenters. The molecule has 4 rings (SSSR count). The van der Waals surface area contributed by atoms with Crippen molar-refractivity contribution in [1.82, 2.24) is 9.21 Å². The van der Waals surface area contributed by atoms with Gasteiger partial charge in [0.15, 0.2) is 0 Å². The summed E-state index contributed by atoms with van der Waals surface area (Å²) < 4.78 is 27.7. The van der Waals surface area contributed by atoms with Crippen molar-refractivity contribution >= 4 is 27.7 Å². The molecule has 1 amide bonds. The minimum absolute atomic E-state index is 0.000198. The number of aliphatic carboxylic acids is 1. The van der Waals surface area contributed by atoms with Crippen LogP contribution in [0.15, 0.2) is 83.8 Å². The number of carboxylic acids is 1. The zero-order valence-electron chi connectivity index (χ0n) is 21.2. The van der Waals surface area contributed by atoms with Crippen LogP contribution in [0.1, 0.15) is 24.5 Å². The number of aryl methyl sites for hydroxylation is 1. The largest absolute Gasteiger partial charge is 0.481 e. The number of amidine groups is 1. The molecule has 38 heavy (non-hydrogen) atoms. The lowest BCUT2D eigenvalue weighted by molar-refractivity contribution is -0.134. The molecule has 1 aliphatic heterocycles. The standard InChI is InChI=1S/C26H28N4O3S.C2H4O2/c27-26(28)23-8-4-5-20(19-23)9-14-25(31)29-15-17-30(18-16-29)34(32,33)24-12-10-22(11-13-24)21-6-2-1-3-7-21;1-2(3)4/h1-8,10-13,19H,9,14-18H2,(H3,27,28);1H3,(H,3,4). The maximum Gasteiger partial charge on any atom is 0.300 e. The van der Waals surface area contributed by atoms with E-state index in [-0.39, 0.29) is 29.7 Å². The lowest BCUT2D eigenvalue weighted by atomic mass is 10.1. The number of carbonyl (C=O) groups excluding carboxylic acids is 1. The fourth-order valence-corrected chi connectivity index (χ4v) is 5.50. The monoisotopic (exact) mass is 536 g/mol. The number of piperazine rings is 1. The Morgan fingerprint density at radius 3 is 2.05 bits per heavy atom. The van der Waals surface area contributed by atoms with Crippen LogP contribution in [0.3, 0.4) is 0 Å². The number of nitrogens with one attached hydrogen (secondary N) is 1. The summed E-state index contributed by atoms with van der Waals surface area (Å²) in [5, 5.41) is 15.0. The van der Waals surface area contributed by atoms with Crippen molar-refractivity contribution < 1.29 is 23.1 Å². The molecular weight excluding hydrogens is 504 g/mol. The third-order valence-corrected chi connectivity index (χ3v) is 7.97. The van der Waals surface area contributed by atoms with E-state index in [1.54, 1.807) is 23.1 Å². The summed E-state index contributed by atoms with van der Waals surface area (Å²) in [6, 6.07) is 24.1. The van der Waals surface area contributed by atoms with Gasteiger partial charge in [-0.15, -0.1) is 0 Å². The topological polar surface area (TPSA) is 145 Å². The van der Waals surface area contributed by atoms with E-state index in [9.17, 15) is 13.2 Å². The fraction of sp³-hybridized carbons (Fsp3) is 0.250. The molecule has 0 aromatic heterocycles. The van der Waals surface area contributed by atoms with E-state index in [4.69, 9.17) is 21.0 Å². The van der Waals surface area contributed by atoms with Crippen molar-refractivity contribution in [2.75, 3.05) is 26.2 Å². The maximum absolute atomic E-state index is 13.1. The van der Waals surface area contributed by atoms with Crippen LogP contribution in [0.5, 0.6) is 0 Å². The van der Waals surface area contributed by atoms with Gasteiger partial charge in [-0.3, -0.25) is 15.0 Å². The van der Waals surface area contributed by atoms with Crippen LogP contribution in [0.2, 0.25) is 0 Å². The second kappa shape index (κ2) is 13.0. The Bertz CT molecular complexity index is 1360. The minimum Gasteiger partial charge on any atom is -0.481 e. The molecule has 9 nitrogen and oxygen atoms in total. The molecule has 0 radical (unpaired) electrons. The van der Waals surface area contributed by atoms with Gasteiger partial charge in [-0.2, -0.15) is 4.31 Å². The van der Waals surface area contributed by atoms with Gasteiger partial charge in [0.2, 0.25) is 15.9 Å². The molecule has 200 valence electrons. The number of benzene rings is 3. The number of rotatable bonds is 7. The first-order valence-corrected chi connectivity index (χ1v) is 13.6. The van der Waals surface area contributed by atoms with Crippen molar-refractivity contribution in [2.45, 2.75) is 24.7 Å². The summed E-state index contributed by atoms with van der Waals surface area (Å²) in [6.07, 6.45) is 0.876. The first-order chi connectivity index (χ1) is 18.1. The zero-order chi connectivity index (χ0) is 27.7. The van der Waals surface area contributed by atoms with Gasteiger partial charge in [-0.1, -0.05) is 60.7 Å². The van der Waals surface area contributed by atoms with E-state index >= 15 is 0 Å². The molecule has 1 saturated heterocycles. The van der Waals surface area contributed by atoms with Crippen molar-refractivity contribution in [3.8, 4) is 11.1 Å². The highest BCUT2D eigenvalue weighted by atomic mass is 32.2. The Morgan fingerprint density at radius 2 is 1.47 bits per heavy atom. The molecule has 0 spiro atoms. The van der Waals surface area contributed by atoms with Crippen LogP contribution in [0.4, 0.5) is 0 Å². The first-order valence-electron chi connectivity index (χ1n) is 12.1. The van der Waals surface area contributed by atoms with Crippen LogP contribution >= 0.6 is 0 Å². The number of nitrogens with two attached hydrogens (primary N) is 1. The molecule has 0 atom stereocenters. The Hall–Kier alpha value is -4.02. The molecule has 0 saturated carbocycles. The van der Waals surface area contributed by atoms with Crippen LogP contribution in [0.25, 0.3) is 11.1 Å². The number of hydrogen-bond donors (Lipinski definition) is 3. The predicted octanol–water partition coefficient (Wildman–Crippen LogP) is 3.19. The number of nitrogen functional groups attached to an aromatic ring is 1. The molecule has 3 aromatic carbocycles. The molecule has 1 heterocycles. The van der Waals surface area contributed by atoms with E-state index in [2.05, 4.69) is 0 Å². The SMILES string of the molecule is CC(=O)O.N=C(N)c1cccc(CCC(=O)N2CCN(S(=O)(=O)c3ccc(-c4ccccc4)cc3)CC2)c1. The summed E-state index contributed by atoms with van der Waals surface area (Å²) >= 11 is 0. The molecule has 3 aromatic rings. The predicted molar refractivity (Wildman–Crippen MR) is 146 cm³/mol. The van der Waals surface area contributed by atoms with Crippen molar-refractivity contribution in [1.29, 1.82) is 5.41 Å². The minimum atomic E-state index is -3.61. The van der Waals surface area contributed by atoms with Crippen molar-refractivity contribution in [3.05, 3.63) is 90.0 Å². The quantitative estimate of drug-likeness (QED) is 0.312. The lowest BCUT2D eigenvalue weighted by Crippen LogP contribution is -2.50. The number of carbonyl (C=O) groups is 2. The lowest BCUT2D eigenvalue weighted by Gasteiger charge is -2.34. The average molecular weight is 537 g/mol. The second-order valence-corrected chi connectivity index (χ2v) is 10.7. The normalized spacial score (nSPS) is 13.8. The Morgan fingerprint density at radius 1 is 0.895 bits per heavy atom. The van der Waals surface area contributed by atoms with E-state index in [0.29, 0.717) is 31.5 Å². The maximum atomic E-state index is 13.1.